The first kappa shape index (κ1) is 25.3. The van der Waals surface area contributed by atoms with Gasteiger partial charge in [0.05, 0.1) is 10.6 Å². The lowest BCUT2D eigenvalue weighted by atomic mass is 9.99. The van der Waals surface area contributed by atoms with E-state index in [1.165, 1.54) is 43.6 Å². The average Bonchev–Trinajstić information content (AvgIpc) is 3.48. The highest BCUT2D eigenvalue weighted by atomic mass is 32.1. The number of hydrogen-bond acceptors (Lipinski definition) is 4. The first-order chi connectivity index (χ1) is 19.1. The van der Waals surface area contributed by atoms with Crippen LogP contribution < -0.4 is 24.2 Å². The predicted octanol–water partition coefficient (Wildman–Crippen LogP) is 5.82. The lowest BCUT2D eigenvalue weighted by Crippen LogP contribution is -2.35. The number of fused-ring (bicyclic) bond motifs is 4. The summed E-state index contributed by atoms with van der Waals surface area (Å²) >= 11 is 3.32. The molecule has 39 heavy (non-hydrogen) atoms. The molecule has 0 atom stereocenters. The van der Waals surface area contributed by atoms with Crippen molar-refractivity contribution in [2.75, 3.05) is 11.4 Å². The molecule has 6 rings (SSSR count). The van der Waals surface area contributed by atoms with Crippen molar-refractivity contribution in [2.45, 2.75) is 26.9 Å². The van der Waals surface area contributed by atoms with E-state index in [-0.39, 0.29) is 5.56 Å². The number of para-hydroxylation sites is 1. The van der Waals surface area contributed by atoms with E-state index in [1.54, 1.807) is 17.4 Å². The summed E-state index contributed by atoms with van der Waals surface area (Å²) in [4.78, 5) is 15.7. The van der Waals surface area contributed by atoms with Crippen LogP contribution in [0, 0.1) is 0 Å². The van der Waals surface area contributed by atoms with Crippen molar-refractivity contribution in [3.63, 3.8) is 0 Å². The van der Waals surface area contributed by atoms with E-state index in [0.29, 0.717) is 11.1 Å². The van der Waals surface area contributed by atoms with Gasteiger partial charge in [0.1, 0.15) is 15.9 Å². The Morgan fingerprint density at radius 3 is 2.62 bits per heavy atom. The second-order valence-corrected chi connectivity index (χ2v) is 11.5. The van der Waals surface area contributed by atoms with Crippen LogP contribution in [0.25, 0.3) is 38.7 Å². The van der Waals surface area contributed by atoms with Crippen LogP contribution in [0.15, 0.2) is 96.5 Å². The molecule has 1 aliphatic rings. The number of allylic oxidation sites excluding steroid dienone is 4. The Labute approximate surface area is 235 Å². The van der Waals surface area contributed by atoms with E-state index in [4.69, 9.17) is 0 Å². The molecule has 0 amide bonds. The molecule has 0 spiro atoms. The number of hydrogen-bond donors (Lipinski definition) is 0. The lowest BCUT2D eigenvalue weighted by Gasteiger charge is -2.26. The minimum Gasteiger partial charge on any atom is -0.348 e. The van der Waals surface area contributed by atoms with Crippen molar-refractivity contribution in [3.8, 4) is 0 Å². The maximum atomic E-state index is 13.5. The number of rotatable bonds is 6. The van der Waals surface area contributed by atoms with Crippen LogP contribution in [-0.4, -0.2) is 11.1 Å². The number of anilines is 1. The molecule has 3 aromatic carbocycles. The van der Waals surface area contributed by atoms with E-state index in [9.17, 15) is 4.79 Å². The number of aromatic nitrogens is 2. The zero-order valence-electron chi connectivity index (χ0n) is 22.1. The molecule has 5 aromatic rings. The van der Waals surface area contributed by atoms with E-state index >= 15 is 0 Å². The second-order valence-electron chi connectivity index (χ2n) is 9.38. The number of benzene rings is 3. The van der Waals surface area contributed by atoms with Gasteiger partial charge in [0.15, 0.2) is 0 Å². The van der Waals surface area contributed by atoms with E-state index in [1.807, 2.05) is 10.6 Å². The summed E-state index contributed by atoms with van der Waals surface area (Å²) in [7, 11) is 0. The van der Waals surface area contributed by atoms with Gasteiger partial charge in [-0.1, -0.05) is 66.0 Å². The fraction of sp³-hybridized carbons (Fsp3) is 0.152. The number of thiazole rings is 2. The van der Waals surface area contributed by atoms with Gasteiger partial charge in [-0.25, -0.2) is 0 Å². The number of aryl methyl sites for hydroxylation is 1. The van der Waals surface area contributed by atoms with E-state index in [0.717, 1.165) is 28.3 Å². The Bertz CT molecular complexity index is 1970. The lowest BCUT2D eigenvalue weighted by molar-refractivity contribution is -0.665. The molecule has 6 heteroatoms. The molecule has 1 aliphatic heterocycles. The monoisotopic (exact) mass is 548 g/mol. The maximum Gasteiger partial charge on any atom is 0.269 e. The summed E-state index contributed by atoms with van der Waals surface area (Å²) in [5, 5.41) is 3.64. The van der Waals surface area contributed by atoms with Crippen molar-refractivity contribution < 1.29 is 4.57 Å². The first-order valence-corrected chi connectivity index (χ1v) is 14.9. The highest BCUT2D eigenvalue weighted by Crippen LogP contribution is 2.32. The summed E-state index contributed by atoms with van der Waals surface area (Å²) in [6, 6.07) is 21.3. The topological polar surface area (TPSA) is 29.1 Å². The zero-order chi connectivity index (χ0) is 26.9. The molecule has 0 bridgehead atoms. The largest absolute Gasteiger partial charge is 0.348 e. The van der Waals surface area contributed by atoms with Crippen LogP contribution in [-0.2, 0) is 13.1 Å². The Kier molecular flexibility index (Phi) is 6.90. The summed E-state index contributed by atoms with van der Waals surface area (Å²) in [6.45, 7) is 10.5. The third-order valence-corrected chi connectivity index (χ3v) is 9.41. The smallest absolute Gasteiger partial charge is 0.269 e. The molecule has 0 unspecified atom stereocenters. The molecule has 3 heterocycles. The normalized spacial score (nSPS) is 15.1. The molecule has 194 valence electrons. The van der Waals surface area contributed by atoms with Crippen LogP contribution in [0.1, 0.15) is 24.4 Å². The van der Waals surface area contributed by atoms with Crippen LogP contribution in [0.4, 0.5) is 5.69 Å². The van der Waals surface area contributed by atoms with E-state index in [2.05, 4.69) is 115 Å². The Morgan fingerprint density at radius 1 is 0.974 bits per heavy atom. The van der Waals surface area contributed by atoms with Gasteiger partial charge in [0, 0.05) is 42.0 Å². The average molecular weight is 549 g/mol. The van der Waals surface area contributed by atoms with Crippen molar-refractivity contribution in [3.05, 3.63) is 122 Å². The summed E-state index contributed by atoms with van der Waals surface area (Å²) < 4.78 is 7.08. The molecular formula is C33H30N3OS2+. The van der Waals surface area contributed by atoms with Crippen LogP contribution in [0.5, 0.6) is 0 Å². The van der Waals surface area contributed by atoms with Crippen molar-refractivity contribution in [2.24, 2.45) is 0 Å². The second kappa shape index (κ2) is 10.6. The third kappa shape index (κ3) is 4.50. The van der Waals surface area contributed by atoms with Gasteiger partial charge in [-0.05, 0) is 49.1 Å². The van der Waals surface area contributed by atoms with Crippen molar-refractivity contribution >= 4 is 67.1 Å². The van der Waals surface area contributed by atoms with Crippen molar-refractivity contribution in [1.82, 2.24) is 4.57 Å². The third-order valence-electron chi connectivity index (χ3n) is 7.15. The highest BCUT2D eigenvalue weighted by molar-refractivity contribution is 7.20. The fourth-order valence-corrected chi connectivity index (χ4v) is 7.59. The summed E-state index contributed by atoms with van der Waals surface area (Å²) in [6.07, 6.45) is 12.2. The molecule has 0 radical (unpaired) electrons. The van der Waals surface area contributed by atoms with Crippen molar-refractivity contribution in [1.29, 1.82) is 0 Å². The standard InChI is InChI=1S/C33H30N3OS2/c1-4-20-36-31(22-30-35(6-3)28-17-15-23-11-7-8-13-26(23)32(28)39-30)38-29(33(36)37)18-16-24-19-21-34(5-2)27-14-10-9-12-25(24)27/h4,7-19,21-22H,1,5-6,20H2,2-3H3/q+1/b24-16+,29-18?. The maximum absolute atomic E-state index is 13.5. The molecule has 0 saturated heterocycles. The number of nitrogens with zero attached hydrogens (tertiary/aromatic N) is 3. The van der Waals surface area contributed by atoms with Gasteiger partial charge < -0.3 is 4.90 Å². The quantitative estimate of drug-likeness (QED) is 0.198. The molecule has 4 nitrogen and oxygen atoms in total. The molecule has 0 fully saturated rings. The fourth-order valence-electron chi connectivity index (χ4n) is 5.22. The molecule has 2 aromatic heterocycles. The Morgan fingerprint density at radius 2 is 1.79 bits per heavy atom. The molecular weight excluding hydrogens is 519 g/mol. The van der Waals surface area contributed by atoms with Crippen LogP contribution in [0.2, 0.25) is 0 Å². The molecule has 0 saturated carbocycles. The van der Waals surface area contributed by atoms with Gasteiger partial charge in [0.25, 0.3) is 10.6 Å². The van der Waals surface area contributed by atoms with Gasteiger partial charge >= 0.3 is 0 Å². The molecule has 0 aliphatic carbocycles. The van der Waals surface area contributed by atoms with Gasteiger partial charge in [0.2, 0.25) is 5.52 Å². The Balaban J connectivity index is 1.51. The highest BCUT2D eigenvalue weighted by Gasteiger charge is 2.20. The van der Waals surface area contributed by atoms with Gasteiger partial charge in [-0.15, -0.1) is 17.9 Å². The first-order valence-electron chi connectivity index (χ1n) is 13.3. The minimum absolute atomic E-state index is 0.0147. The Hall–Kier alpha value is -4.00. The van der Waals surface area contributed by atoms with Crippen LogP contribution in [0.3, 0.4) is 0 Å². The van der Waals surface area contributed by atoms with Crippen LogP contribution >= 0.6 is 22.7 Å². The summed E-state index contributed by atoms with van der Waals surface area (Å²) in [5.74, 6) is 0. The minimum atomic E-state index is 0.0147. The summed E-state index contributed by atoms with van der Waals surface area (Å²) in [5.41, 5.74) is 4.70. The van der Waals surface area contributed by atoms with Gasteiger partial charge in [-0.2, -0.15) is 4.57 Å². The molecule has 0 N–H and O–H groups in total. The SMILES string of the molecule is C=CCn1c(=Cc2sc3c4ccccc4ccc3[n+]2CC)sc(=C/C=C2\C=CN(CC)c3ccccc32)c1=O. The van der Waals surface area contributed by atoms with Gasteiger partial charge in [-0.3, -0.25) is 9.36 Å². The predicted molar refractivity (Wildman–Crippen MR) is 168 cm³/mol. The van der Waals surface area contributed by atoms with E-state index < -0.39 is 0 Å². The zero-order valence-corrected chi connectivity index (χ0v) is 23.8.